The molecule has 1 atom stereocenters. The van der Waals surface area contributed by atoms with Gasteiger partial charge in [-0.2, -0.15) is 5.10 Å². The fourth-order valence-corrected chi connectivity index (χ4v) is 2.48. The van der Waals surface area contributed by atoms with Gasteiger partial charge in [-0.25, -0.2) is 4.79 Å². The Morgan fingerprint density at radius 3 is 2.54 bits per heavy atom. The topological polar surface area (TPSA) is 72.1 Å². The Balaban J connectivity index is 1.75. The van der Waals surface area contributed by atoms with E-state index >= 15 is 0 Å². The van der Waals surface area contributed by atoms with Crippen LogP contribution < -0.4 is 0 Å². The molecular formula is C19H18N2O3. The number of nitrogens with zero attached hydrogens (tertiary/aromatic N) is 1. The third-order valence-electron chi connectivity index (χ3n) is 4.12. The number of rotatable bonds is 4. The Bertz CT molecular complexity index is 927. The van der Waals surface area contributed by atoms with Crippen LogP contribution >= 0.6 is 0 Å². The molecular weight excluding hydrogens is 304 g/mol. The lowest BCUT2D eigenvalue weighted by atomic mass is 10.0. The van der Waals surface area contributed by atoms with E-state index in [-0.39, 0.29) is 5.78 Å². The molecule has 0 radical (unpaired) electrons. The van der Waals surface area contributed by atoms with Crippen molar-refractivity contribution >= 4 is 22.7 Å². The number of ketones is 1. The maximum atomic E-state index is 12.5. The summed E-state index contributed by atoms with van der Waals surface area (Å²) in [7, 11) is 0. The van der Waals surface area contributed by atoms with E-state index in [1.807, 2.05) is 26.0 Å². The first-order valence-electron chi connectivity index (χ1n) is 7.71. The lowest BCUT2D eigenvalue weighted by Crippen LogP contribution is -2.24. The minimum atomic E-state index is -0.850. The van der Waals surface area contributed by atoms with Gasteiger partial charge in [-0.1, -0.05) is 18.2 Å². The van der Waals surface area contributed by atoms with E-state index in [2.05, 4.69) is 10.2 Å². The molecule has 0 saturated carbocycles. The highest BCUT2D eigenvalue weighted by Crippen LogP contribution is 2.16. The number of carbonyl (C=O) groups is 2. The van der Waals surface area contributed by atoms with Crippen molar-refractivity contribution in [1.29, 1.82) is 0 Å². The van der Waals surface area contributed by atoms with Crippen LogP contribution in [0.1, 0.15) is 38.8 Å². The largest absolute Gasteiger partial charge is 0.451 e. The van der Waals surface area contributed by atoms with Gasteiger partial charge in [0.15, 0.2) is 6.10 Å². The third kappa shape index (κ3) is 3.06. The highest BCUT2D eigenvalue weighted by molar-refractivity contribution is 6.02. The summed E-state index contributed by atoms with van der Waals surface area (Å²) in [6, 6.07) is 10.6. The van der Waals surface area contributed by atoms with E-state index in [1.165, 1.54) is 0 Å². The lowest BCUT2D eigenvalue weighted by molar-refractivity contribution is 0.0319. The standard InChI is InChI=1S/C19H18N2O3/c1-11-4-5-14(8-12(11)2)18(22)13(3)24-19(23)15-6-7-16-10-20-21-17(16)9-15/h4-10,13H,1-3H3,(H,20,21)/t13-/m1/s1. The molecule has 0 fully saturated rings. The molecule has 5 heteroatoms. The predicted octanol–water partition coefficient (Wildman–Crippen LogP) is 3.61. The average Bonchev–Trinajstić information content (AvgIpc) is 3.04. The molecule has 0 aliphatic heterocycles. The van der Waals surface area contributed by atoms with Gasteiger partial charge in [0.25, 0.3) is 0 Å². The minimum absolute atomic E-state index is 0.214. The number of carbonyl (C=O) groups excluding carboxylic acids is 2. The van der Waals surface area contributed by atoms with Crippen LogP contribution in [0.4, 0.5) is 0 Å². The molecule has 2 aromatic carbocycles. The zero-order valence-electron chi connectivity index (χ0n) is 13.8. The molecule has 0 aliphatic carbocycles. The summed E-state index contributed by atoms with van der Waals surface area (Å²) in [6.45, 7) is 5.52. The van der Waals surface area contributed by atoms with E-state index in [0.29, 0.717) is 11.1 Å². The van der Waals surface area contributed by atoms with Gasteiger partial charge in [0.05, 0.1) is 17.3 Å². The van der Waals surface area contributed by atoms with Crippen LogP contribution in [0.2, 0.25) is 0 Å². The smallest absolute Gasteiger partial charge is 0.338 e. The zero-order valence-corrected chi connectivity index (χ0v) is 13.8. The van der Waals surface area contributed by atoms with E-state index in [4.69, 9.17) is 4.74 Å². The van der Waals surface area contributed by atoms with Gasteiger partial charge in [-0.15, -0.1) is 0 Å². The van der Waals surface area contributed by atoms with Crippen molar-refractivity contribution < 1.29 is 14.3 Å². The number of benzene rings is 2. The first-order chi connectivity index (χ1) is 11.5. The second kappa shape index (κ2) is 6.28. The molecule has 0 saturated heterocycles. The summed E-state index contributed by atoms with van der Waals surface area (Å²) in [5, 5.41) is 7.63. The van der Waals surface area contributed by atoms with Crippen molar-refractivity contribution in [3.05, 3.63) is 64.8 Å². The molecule has 3 aromatic rings. The summed E-state index contributed by atoms with van der Waals surface area (Å²) < 4.78 is 5.33. The number of H-pyrrole nitrogens is 1. The molecule has 5 nitrogen and oxygen atoms in total. The van der Waals surface area contributed by atoms with Crippen LogP contribution in [-0.2, 0) is 4.74 Å². The van der Waals surface area contributed by atoms with Crippen LogP contribution in [-0.4, -0.2) is 28.1 Å². The van der Waals surface area contributed by atoms with Gasteiger partial charge >= 0.3 is 5.97 Å². The van der Waals surface area contributed by atoms with E-state index in [1.54, 1.807) is 37.4 Å². The Kier molecular flexibility index (Phi) is 4.16. The summed E-state index contributed by atoms with van der Waals surface area (Å²) in [4.78, 5) is 24.7. The maximum absolute atomic E-state index is 12.5. The molecule has 3 rings (SSSR count). The third-order valence-corrected chi connectivity index (χ3v) is 4.12. The quantitative estimate of drug-likeness (QED) is 0.588. The van der Waals surface area contributed by atoms with E-state index in [0.717, 1.165) is 22.0 Å². The number of aromatic nitrogens is 2. The van der Waals surface area contributed by atoms with Gasteiger partial charge in [0.2, 0.25) is 5.78 Å². The number of fused-ring (bicyclic) bond motifs is 1. The number of aromatic amines is 1. The molecule has 1 aromatic heterocycles. The normalized spacial score (nSPS) is 12.1. The fourth-order valence-electron chi connectivity index (χ4n) is 2.48. The number of hydrogen-bond acceptors (Lipinski definition) is 4. The number of ether oxygens (including phenoxy) is 1. The first kappa shape index (κ1) is 15.9. The lowest BCUT2D eigenvalue weighted by Gasteiger charge is -2.13. The van der Waals surface area contributed by atoms with Crippen LogP contribution in [0.5, 0.6) is 0 Å². The maximum Gasteiger partial charge on any atom is 0.338 e. The molecule has 0 unspecified atom stereocenters. The van der Waals surface area contributed by atoms with Crippen molar-refractivity contribution in [2.75, 3.05) is 0 Å². The van der Waals surface area contributed by atoms with Crippen LogP contribution in [0.25, 0.3) is 10.9 Å². The Morgan fingerprint density at radius 2 is 1.79 bits per heavy atom. The van der Waals surface area contributed by atoms with Gasteiger partial charge in [0.1, 0.15) is 0 Å². The molecule has 0 spiro atoms. The van der Waals surface area contributed by atoms with E-state index < -0.39 is 12.1 Å². The Labute approximate surface area is 139 Å². The molecule has 1 heterocycles. The number of hydrogen-bond donors (Lipinski definition) is 1. The van der Waals surface area contributed by atoms with Crippen molar-refractivity contribution in [1.82, 2.24) is 10.2 Å². The monoisotopic (exact) mass is 322 g/mol. The Hall–Kier alpha value is -2.95. The van der Waals surface area contributed by atoms with Crippen molar-refractivity contribution in [2.24, 2.45) is 0 Å². The fraction of sp³-hybridized carbons (Fsp3) is 0.211. The van der Waals surface area contributed by atoms with Crippen molar-refractivity contribution in [3.63, 3.8) is 0 Å². The zero-order chi connectivity index (χ0) is 17.3. The molecule has 0 amide bonds. The number of aryl methyl sites for hydroxylation is 2. The van der Waals surface area contributed by atoms with Gasteiger partial charge in [0, 0.05) is 10.9 Å². The van der Waals surface area contributed by atoms with E-state index in [9.17, 15) is 9.59 Å². The second-order valence-corrected chi connectivity index (χ2v) is 5.88. The van der Waals surface area contributed by atoms with Gasteiger partial charge in [-0.05, 0) is 50.1 Å². The minimum Gasteiger partial charge on any atom is -0.451 e. The van der Waals surface area contributed by atoms with Gasteiger partial charge in [-0.3, -0.25) is 9.89 Å². The highest BCUT2D eigenvalue weighted by Gasteiger charge is 2.21. The summed E-state index contributed by atoms with van der Waals surface area (Å²) in [5.74, 6) is -0.745. The number of nitrogens with one attached hydrogen (secondary N) is 1. The number of esters is 1. The molecule has 24 heavy (non-hydrogen) atoms. The molecule has 1 N–H and O–H groups in total. The summed E-state index contributed by atoms with van der Waals surface area (Å²) >= 11 is 0. The van der Waals surface area contributed by atoms with Gasteiger partial charge < -0.3 is 4.74 Å². The molecule has 0 aliphatic rings. The highest BCUT2D eigenvalue weighted by atomic mass is 16.5. The summed E-state index contributed by atoms with van der Waals surface area (Å²) in [5.41, 5.74) is 3.82. The molecule has 122 valence electrons. The number of Topliss-reactive ketones (excluding diaryl/α,β-unsaturated/α-hetero) is 1. The van der Waals surface area contributed by atoms with Crippen molar-refractivity contribution in [3.8, 4) is 0 Å². The van der Waals surface area contributed by atoms with Crippen LogP contribution in [0.3, 0.4) is 0 Å². The Morgan fingerprint density at radius 1 is 1.04 bits per heavy atom. The van der Waals surface area contributed by atoms with Crippen molar-refractivity contribution in [2.45, 2.75) is 26.9 Å². The average molecular weight is 322 g/mol. The first-order valence-corrected chi connectivity index (χ1v) is 7.71. The SMILES string of the molecule is Cc1ccc(C(=O)[C@@H](C)OC(=O)c2ccc3cn[nH]c3c2)cc1C. The van der Waals surface area contributed by atoms with Crippen LogP contribution in [0.15, 0.2) is 42.6 Å². The van der Waals surface area contributed by atoms with Crippen LogP contribution in [0, 0.1) is 13.8 Å². The molecule has 0 bridgehead atoms. The predicted molar refractivity (Wildman–Crippen MR) is 91.2 cm³/mol. The second-order valence-electron chi connectivity index (χ2n) is 5.88. The summed E-state index contributed by atoms with van der Waals surface area (Å²) in [6.07, 6.45) is 0.827.